The lowest BCUT2D eigenvalue weighted by atomic mass is 10.2. The van der Waals surface area contributed by atoms with Gasteiger partial charge in [0.15, 0.2) is 6.61 Å². The molecule has 32 heavy (non-hydrogen) atoms. The summed E-state index contributed by atoms with van der Waals surface area (Å²) >= 11 is 1.48. The maximum Gasteiger partial charge on any atom is 0.264 e. The molecule has 2 aromatic carbocycles. The molecular formula is C24H25N3O4S. The molecule has 0 aliphatic carbocycles. The number of hydrogen-bond donors (Lipinski definition) is 1. The molecule has 0 bridgehead atoms. The zero-order valence-corrected chi connectivity index (χ0v) is 18.6. The van der Waals surface area contributed by atoms with Crippen LogP contribution in [0.25, 0.3) is 0 Å². The van der Waals surface area contributed by atoms with Gasteiger partial charge in [-0.05, 0) is 60.0 Å². The van der Waals surface area contributed by atoms with Crippen LogP contribution in [0, 0.1) is 0 Å². The summed E-state index contributed by atoms with van der Waals surface area (Å²) in [7, 11) is 1.60. The standard InChI is InChI=1S/C24H25N3O4S/c1-30-20-8-10-21(11-9-20)31-17-23(28)25-18-4-6-19(7-5-18)26-12-14-27(15-13-26)24(29)22-3-2-16-32-22/h2-11,16H,12-15,17H2,1H3,(H,25,28). The fourth-order valence-corrected chi connectivity index (χ4v) is 4.19. The summed E-state index contributed by atoms with van der Waals surface area (Å²) in [5, 5.41) is 4.77. The molecule has 1 fully saturated rings. The second-order valence-corrected chi connectivity index (χ2v) is 8.26. The number of hydrogen-bond acceptors (Lipinski definition) is 6. The fraction of sp³-hybridized carbons (Fsp3) is 0.250. The van der Waals surface area contributed by atoms with Crippen molar-refractivity contribution in [2.75, 3.05) is 50.1 Å². The number of amides is 2. The van der Waals surface area contributed by atoms with Gasteiger partial charge in [-0.3, -0.25) is 9.59 Å². The molecule has 0 unspecified atom stereocenters. The smallest absolute Gasteiger partial charge is 0.264 e. The van der Waals surface area contributed by atoms with Crippen molar-refractivity contribution in [2.24, 2.45) is 0 Å². The number of carbonyl (C=O) groups excluding carboxylic acids is 2. The van der Waals surface area contributed by atoms with E-state index in [4.69, 9.17) is 9.47 Å². The average Bonchev–Trinajstić information content (AvgIpc) is 3.38. The third-order valence-electron chi connectivity index (χ3n) is 5.24. The largest absolute Gasteiger partial charge is 0.497 e. The van der Waals surface area contributed by atoms with Gasteiger partial charge < -0.3 is 24.6 Å². The number of anilines is 2. The molecule has 166 valence electrons. The first kappa shape index (κ1) is 21.7. The Morgan fingerprint density at radius 2 is 1.62 bits per heavy atom. The van der Waals surface area contributed by atoms with Crippen molar-refractivity contribution in [1.82, 2.24) is 4.90 Å². The van der Waals surface area contributed by atoms with Crippen molar-refractivity contribution in [3.63, 3.8) is 0 Å². The first-order chi connectivity index (χ1) is 15.6. The van der Waals surface area contributed by atoms with Crippen LogP contribution in [0.5, 0.6) is 11.5 Å². The Balaban J connectivity index is 1.24. The lowest BCUT2D eigenvalue weighted by molar-refractivity contribution is -0.118. The van der Waals surface area contributed by atoms with Gasteiger partial charge >= 0.3 is 0 Å². The van der Waals surface area contributed by atoms with Crippen LogP contribution >= 0.6 is 11.3 Å². The third-order valence-corrected chi connectivity index (χ3v) is 6.10. The van der Waals surface area contributed by atoms with Crippen LogP contribution in [-0.4, -0.2) is 56.6 Å². The van der Waals surface area contributed by atoms with Crippen molar-refractivity contribution >= 4 is 34.5 Å². The second kappa shape index (κ2) is 10.2. The van der Waals surface area contributed by atoms with Crippen molar-refractivity contribution < 1.29 is 19.1 Å². The molecule has 0 saturated carbocycles. The quantitative estimate of drug-likeness (QED) is 0.593. The minimum atomic E-state index is -0.228. The highest BCUT2D eigenvalue weighted by Crippen LogP contribution is 2.21. The summed E-state index contributed by atoms with van der Waals surface area (Å²) < 4.78 is 10.6. The first-order valence-electron chi connectivity index (χ1n) is 10.4. The minimum absolute atomic E-state index is 0.0751. The molecule has 2 heterocycles. The number of nitrogens with zero attached hydrogens (tertiary/aromatic N) is 2. The van der Waals surface area contributed by atoms with E-state index in [2.05, 4.69) is 10.2 Å². The Morgan fingerprint density at radius 1 is 0.938 bits per heavy atom. The van der Waals surface area contributed by atoms with Gasteiger partial charge in [-0.2, -0.15) is 0 Å². The number of thiophene rings is 1. The zero-order valence-electron chi connectivity index (χ0n) is 17.8. The van der Waals surface area contributed by atoms with Gasteiger partial charge in [0.05, 0.1) is 12.0 Å². The molecular weight excluding hydrogens is 426 g/mol. The number of piperazine rings is 1. The van der Waals surface area contributed by atoms with Gasteiger partial charge in [0.25, 0.3) is 11.8 Å². The molecule has 8 heteroatoms. The summed E-state index contributed by atoms with van der Waals surface area (Å²) in [6, 6.07) is 18.6. The first-order valence-corrected chi connectivity index (χ1v) is 11.2. The van der Waals surface area contributed by atoms with E-state index in [1.807, 2.05) is 46.7 Å². The van der Waals surface area contributed by atoms with Crippen molar-refractivity contribution in [1.29, 1.82) is 0 Å². The number of carbonyl (C=O) groups is 2. The van der Waals surface area contributed by atoms with E-state index in [0.717, 1.165) is 29.4 Å². The normalized spacial score (nSPS) is 13.5. The van der Waals surface area contributed by atoms with Gasteiger partial charge in [-0.1, -0.05) is 6.07 Å². The molecule has 7 nitrogen and oxygen atoms in total. The second-order valence-electron chi connectivity index (χ2n) is 7.32. The monoisotopic (exact) mass is 451 g/mol. The van der Waals surface area contributed by atoms with Crippen LogP contribution in [0.15, 0.2) is 66.0 Å². The van der Waals surface area contributed by atoms with Gasteiger partial charge in [0, 0.05) is 37.6 Å². The molecule has 1 saturated heterocycles. The lowest BCUT2D eigenvalue weighted by Crippen LogP contribution is -2.48. The average molecular weight is 452 g/mol. The van der Waals surface area contributed by atoms with Gasteiger partial charge in [-0.25, -0.2) is 0 Å². The van der Waals surface area contributed by atoms with Crippen LogP contribution in [-0.2, 0) is 4.79 Å². The Hall–Kier alpha value is -3.52. The molecule has 0 radical (unpaired) electrons. The van der Waals surface area contributed by atoms with Crippen molar-refractivity contribution in [3.8, 4) is 11.5 Å². The highest BCUT2D eigenvalue weighted by molar-refractivity contribution is 7.12. The topological polar surface area (TPSA) is 71.1 Å². The summed E-state index contributed by atoms with van der Waals surface area (Å²) in [5.74, 6) is 1.22. The predicted octanol–water partition coefficient (Wildman–Crippen LogP) is 3.74. The highest BCUT2D eigenvalue weighted by atomic mass is 32.1. The van der Waals surface area contributed by atoms with Crippen LogP contribution < -0.4 is 19.7 Å². The zero-order chi connectivity index (χ0) is 22.3. The third kappa shape index (κ3) is 5.39. The highest BCUT2D eigenvalue weighted by Gasteiger charge is 2.22. The molecule has 1 aromatic heterocycles. The molecule has 2 amide bonds. The molecule has 1 aliphatic rings. The molecule has 1 N–H and O–H groups in total. The summed E-state index contributed by atoms with van der Waals surface area (Å²) in [4.78, 5) is 29.6. The molecule has 0 atom stereocenters. The SMILES string of the molecule is COc1ccc(OCC(=O)Nc2ccc(N3CCN(C(=O)c4cccs4)CC3)cc2)cc1. The van der Waals surface area contributed by atoms with Crippen LogP contribution in [0.4, 0.5) is 11.4 Å². The fourth-order valence-electron chi connectivity index (χ4n) is 3.50. The van der Waals surface area contributed by atoms with Gasteiger partial charge in [0.2, 0.25) is 0 Å². The van der Waals surface area contributed by atoms with Crippen LogP contribution in [0.2, 0.25) is 0 Å². The molecule has 3 aromatic rings. The van der Waals surface area contributed by atoms with Gasteiger partial charge in [-0.15, -0.1) is 11.3 Å². The Morgan fingerprint density at radius 3 is 2.25 bits per heavy atom. The van der Waals surface area contributed by atoms with E-state index in [0.29, 0.717) is 24.5 Å². The number of ether oxygens (including phenoxy) is 2. The van der Waals surface area contributed by atoms with E-state index >= 15 is 0 Å². The number of methoxy groups -OCH3 is 1. The number of rotatable bonds is 7. The Labute approximate surface area is 191 Å². The molecule has 0 spiro atoms. The van der Waals surface area contributed by atoms with E-state index in [1.165, 1.54) is 11.3 Å². The van der Waals surface area contributed by atoms with Crippen LogP contribution in [0.3, 0.4) is 0 Å². The van der Waals surface area contributed by atoms with E-state index in [1.54, 1.807) is 31.4 Å². The van der Waals surface area contributed by atoms with Crippen molar-refractivity contribution in [2.45, 2.75) is 0 Å². The van der Waals surface area contributed by atoms with Crippen LogP contribution in [0.1, 0.15) is 9.67 Å². The minimum Gasteiger partial charge on any atom is -0.497 e. The van der Waals surface area contributed by atoms with E-state index in [-0.39, 0.29) is 18.4 Å². The number of nitrogens with one attached hydrogen (secondary N) is 1. The summed E-state index contributed by atoms with van der Waals surface area (Å²) in [6.07, 6.45) is 0. The maximum absolute atomic E-state index is 12.5. The lowest BCUT2D eigenvalue weighted by Gasteiger charge is -2.36. The number of benzene rings is 2. The summed E-state index contributed by atoms with van der Waals surface area (Å²) in [5.41, 5.74) is 1.78. The van der Waals surface area contributed by atoms with E-state index in [9.17, 15) is 9.59 Å². The molecule has 4 rings (SSSR count). The Kier molecular flexibility index (Phi) is 6.91. The maximum atomic E-state index is 12.5. The van der Waals surface area contributed by atoms with E-state index < -0.39 is 0 Å². The van der Waals surface area contributed by atoms with Gasteiger partial charge in [0.1, 0.15) is 11.5 Å². The molecule has 1 aliphatic heterocycles. The summed E-state index contributed by atoms with van der Waals surface area (Å²) in [6.45, 7) is 2.86. The van der Waals surface area contributed by atoms with Crippen molar-refractivity contribution in [3.05, 3.63) is 70.9 Å². The predicted molar refractivity (Wildman–Crippen MR) is 126 cm³/mol. The Bertz CT molecular complexity index is 1030.